The Morgan fingerprint density at radius 1 is 1.33 bits per heavy atom. The number of rotatable bonds is 0. The van der Waals surface area contributed by atoms with E-state index in [1.54, 1.807) is 0 Å². The van der Waals surface area contributed by atoms with E-state index in [-0.39, 0.29) is 0 Å². The fourth-order valence-corrected chi connectivity index (χ4v) is 2.09. The SMILES string of the molecule is Nc1cc2c(cc1Cl)N=C1CC=CC=C12. The van der Waals surface area contributed by atoms with Crippen LogP contribution in [0.4, 0.5) is 11.4 Å². The Morgan fingerprint density at radius 3 is 3.07 bits per heavy atom. The van der Waals surface area contributed by atoms with Crippen LogP contribution in [0.3, 0.4) is 0 Å². The van der Waals surface area contributed by atoms with Crippen LogP contribution in [0.1, 0.15) is 12.0 Å². The minimum Gasteiger partial charge on any atom is -0.398 e. The molecule has 0 spiro atoms. The maximum Gasteiger partial charge on any atom is 0.0728 e. The molecular weight excluding hydrogens is 208 g/mol. The summed E-state index contributed by atoms with van der Waals surface area (Å²) < 4.78 is 0. The standard InChI is InChI=1S/C12H9ClN2/c13-9-6-12-8(5-10(9)14)7-3-1-2-4-11(7)15-12/h1-3,5-6H,4,14H2. The maximum absolute atomic E-state index is 5.96. The van der Waals surface area contributed by atoms with Gasteiger partial charge >= 0.3 is 0 Å². The fraction of sp³-hybridized carbons (Fsp3) is 0.0833. The van der Waals surface area contributed by atoms with Crippen LogP contribution in [0.15, 0.2) is 35.4 Å². The Bertz CT molecular complexity index is 539. The van der Waals surface area contributed by atoms with Crippen LogP contribution in [0.2, 0.25) is 5.02 Å². The fourth-order valence-electron chi connectivity index (χ4n) is 1.93. The van der Waals surface area contributed by atoms with E-state index in [2.05, 4.69) is 17.1 Å². The molecule has 1 heterocycles. The zero-order chi connectivity index (χ0) is 10.4. The minimum absolute atomic E-state index is 0.574. The van der Waals surface area contributed by atoms with E-state index >= 15 is 0 Å². The second-order valence-corrected chi connectivity index (χ2v) is 4.07. The molecule has 3 heteroatoms. The molecule has 1 aromatic carbocycles. The third-order valence-corrected chi connectivity index (χ3v) is 3.01. The van der Waals surface area contributed by atoms with E-state index in [1.807, 2.05) is 18.2 Å². The highest BCUT2D eigenvalue weighted by Gasteiger charge is 2.21. The van der Waals surface area contributed by atoms with Gasteiger partial charge in [-0.05, 0) is 12.1 Å². The highest BCUT2D eigenvalue weighted by molar-refractivity contribution is 6.35. The molecule has 0 saturated heterocycles. The Hall–Kier alpha value is -1.54. The number of nitrogens with two attached hydrogens (primary N) is 1. The smallest absolute Gasteiger partial charge is 0.0728 e. The van der Waals surface area contributed by atoms with Gasteiger partial charge in [0.1, 0.15) is 0 Å². The van der Waals surface area contributed by atoms with Crippen molar-refractivity contribution in [3.63, 3.8) is 0 Å². The maximum atomic E-state index is 5.96. The molecule has 3 rings (SSSR count). The summed E-state index contributed by atoms with van der Waals surface area (Å²) in [7, 11) is 0. The van der Waals surface area contributed by atoms with Gasteiger partial charge in [-0.1, -0.05) is 29.8 Å². The quantitative estimate of drug-likeness (QED) is 0.664. The van der Waals surface area contributed by atoms with Crippen LogP contribution in [-0.2, 0) is 0 Å². The van der Waals surface area contributed by atoms with Gasteiger partial charge in [-0.2, -0.15) is 0 Å². The molecule has 0 atom stereocenters. The van der Waals surface area contributed by atoms with Gasteiger partial charge in [0.05, 0.1) is 22.1 Å². The molecule has 0 saturated carbocycles. The topological polar surface area (TPSA) is 38.4 Å². The van der Waals surface area contributed by atoms with Crippen molar-refractivity contribution in [3.8, 4) is 0 Å². The van der Waals surface area contributed by atoms with Gasteiger partial charge in [-0.25, -0.2) is 0 Å². The van der Waals surface area contributed by atoms with Gasteiger partial charge in [0.2, 0.25) is 0 Å². The van der Waals surface area contributed by atoms with Crippen LogP contribution in [-0.4, -0.2) is 5.71 Å². The van der Waals surface area contributed by atoms with E-state index in [1.165, 1.54) is 5.57 Å². The number of anilines is 1. The number of halogens is 1. The molecule has 0 aromatic heterocycles. The first-order valence-electron chi connectivity index (χ1n) is 4.80. The number of benzene rings is 1. The average molecular weight is 217 g/mol. The summed E-state index contributed by atoms with van der Waals surface area (Å²) in [4.78, 5) is 4.53. The van der Waals surface area contributed by atoms with Crippen molar-refractivity contribution in [2.24, 2.45) is 4.99 Å². The summed E-state index contributed by atoms with van der Waals surface area (Å²) in [6.45, 7) is 0. The predicted octanol–water partition coefficient (Wildman–Crippen LogP) is 3.35. The van der Waals surface area contributed by atoms with E-state index < -0.39 is 0 Å². The van der Waals surface area contributed by atoms with E-state index in [9.17, 15) is 0 Å². The van der Waals surface area contributed by atoms with Crippen molar-refractivity contribution in [1.29, 1.82) is 0 Å². The van der Waals surface area contributed by atoms with Gasteiger partial charge in [-0.15, -0.1) is 0 Å². The molecule has 1 aliphatic heterocycles. The van der Waals surface area contributed by atoms with E-state index in [4.69, 9.17) is 17.3 Å². The van der Waals surface area contributed by atoms with Gasteiger partial charge in [0.25, 0.3) is 0 Å². The summed E-state index contributed by atoms with van der Waals surface area (Å²) in [6, 6.07) is 3.73. The summed E-state index contributed by atoms with van der Waals surface area (Å²) in [6.07, 6.45) is 7.10. The van der Waals surface area contributed by atoms with Crippen molar-refractivity contribution in [2.75, 3.05) is 5.73 Å². The van der Waals surface area contributed by atoms with E-state index in [0.29, 0.717) is 10.7 Å². The highest BCUT2D eigenvalue weighted by Crippen LogP contribution is 2.40. The predicted molar refractivity (Wildman–Crippen MR) is 64.7 cm³/mol. The second-order valence-electron chi connectivity index (χ2n) is 3.66. The number of hydrogen-bond donors (Lipinski definition) is 1. The summed E-state index contributed by atoms with van der Waals surface area (Å²) in [5, 5.41) is 0.574. The lowest BCUT2D eigenvalue weighted by atomic mass is 9.97. The second kappa shape index (κ2) is 2.97. The molecule has 2 nitrogen and oxygen atoms in total. The zero-order valence-electron chi connectivity index (χ0n) is 8.00. The van der Waals surface area contributed by atoms with Crippen molar-refractivity contribution in [1.82, 2.24) is 0 Å². The number of hydrogen-bond acceptors (Lipinski definition) is 2. The lowest BCUT2D eigenvalue weighted by Gasteiger charge is -2.06. The Balaban J connectivity index is 2.25. The first kappa shape index (κ1) is 8.74. The lowest BCUT2D eigenvalue weighted by molar-refractivity contribution is 1.44. The molecule has 15 heavy (non-hydrogen) atoms. The van der Waals surface area contributed by atoms with Crippen LogP contribution in [0.25, 0.3) is 5.57 Å². The Morgan fingerprint density at radius 2 is 2.20 bits per heavy atom. The molecule has 0 fully saturated rings. The molecule has 2 N–H and O–H groups in total. The third kappa shape index (κ3) is 1.22. The molecule has 0 amide bonds. The number of allylic oxidation sites excluding steroid dienone is 4. The molecule has 2 aliphatic rings. The molecular formula is C12H9ClN2. The van der Waals surface area contributed by atoms with Gasteiger partial charge in [0.15, 0.2) is 0 Å². The van der Waals surface area contributed by atoms with Crippen LogP contribution in [0, 0.1) is 0 Å². The number of aliphatic imine (C=N–C) groups is 1. The number of fused-ring (bicyclic) bond motifs is 3. The van der Waals surface area contributed by atoms with Crippen molar-refractivity contribution >= 4 is 34.3 Å². The van der Waals surface area contributed by atoms with Crippen molar-refractivity contribution in [3.05, 3.63) is 40.9 Å². The monoisotopic (exact) mass is 216 g/mol. The average Bonchev–Trinajstić information content (AvgIpc) is 2.57. The minimum atomic E-state index is 0.574. The normalized spacial score (nSPS) is 16.9. The lowest BCUT2D eigenvalue weighted by Crippen LogP contribution is -1.98. The van der Waals surface area contributed by atoms with Gasteiger partial charge < -0.3 is 5.73 Å². The van der Waals surface area contributed by atoms with Gasteiger partial charge in [0, 0.05) is 17.6 Å². The Kier molecular flexibility index (Phi) is 1.73. The molecule has 1 aromatic rings. The molecule has 0 bridgehead atoms. The molecule has 74 valence electrons. The van der Waals surface area contributed by atoms with Crippen LogP contribution in [0.5, 0.6) is 0 Å². The third-order valence-electron chi connectivity index (χ3n) is 2.68. The van der Waals surface area contributed by atoms with Crippen molar-refractivity contribution < 1.29 is 0 Å². The molecule has 0 radical (unpaired) electrons. The summed E-state index contributed by atoms with van der Waals surface area (Å²) in [5.41, 5.74) is 10.7. The van der Waals surface area contributed by atoms with Gasteiger partial charge in [-0.3, -0.25) is 4.99 Å². The number of nitrogens with zero attached hydrogens (tertiary/aromatic N) is 1. The molecule has 1 aliphatic carbocycles. The molecule has 0 unspecified atom stereocenters. The Labute approximate surface area is 92.8 Å². The zero-order valence-corrected chi connectivity index (χ0v) is 8.75. The van der Waals surface area contributed by atoms with Crippen LogP contribution >= 0.6 is 11.6 Å². The largest absolute Gasteiger partial charge is 0.398 e. The summed E-state index contributed by atoms with van der Waals surface area (Å²) in [5.74, 6) is 0. The van der Waals surface area contributed by atoms with Crippen molar-refractivity contribution in [2.45, 2.75) is 6.42 Å². The summed E-state index contributed by atoms with van der Waals surface area (Å²) >= 11 is 5.96. The first-order chi connectivity index (χ1) is 7.25. The highest BCUT2D eigenvalue weighted by atomic mass is 35.5. The number of nitrogen functional groups attached to an aromatic ring is 1. The van der Waals surface area contributed by atoms with Crippen LogP contribution < -0.4 is 5.73 Å². The van der Waals surface area contributed by atoms with E-state index in [0.717, 1.165) is 23.4 Å². The first-order valence-corrected chi connectivity index (χ1v) is 5.17.